The third kappa shape index (κ3) is 3.43. The highest BCUT2D eigenvalue weighted by Crippen LogP contribution is 2.47. The van der Waals surface area contributed by atoms with Crippen LogP contribution >= 0.6 is 0 Å². The van der Waals surface area contributed by atoms with Crippen LogP contribution in [0.1, 0.15) is 52.1 Å². The van der Waals surface area contributed by atoms with Crippen LogP contribution in [0, 0.1) is 11.3 Å². The standard InChI is InChI=1S/C23H26N4O2/c1-14(2)22(29)27-20(15-7-5-9-24-13-15)19-17(11-23(3,4)12-18(19)28)26-16-8-6-10-25-21(16)27/h5-10,13-14,20,26H,11-12H2,1-4H3/t20-/m0/s1. The molecule has 0 saturated carbocycles. The molecule has 0 aromatic carbocycles. The second-order valence-electron chi connectivity index (χ2n) is 8.88. The molecule has 0 bridgehead atoms. The fraction of sp³-hybridized carbons (Fsp3) is 0.391. The number of carbonyl (C=O) groups is 2. The van der Waals surface area contributed by atoms with Gasteiger partial charge in [-0.15, -0.1) is 0 Å². The second kappa shape index (κ2) is 7.10. The Bertz CT molecular complexity index is 995. The minimum Gasteiger partial charge on any atom is -0.355 e. The molecule has 2 aromatic rings. The van der Waals surface area contributed by atoms with Gasteiger partial charge in [-0.05, 0) is 35.6 Å². The normalized spacial score (nSPS) is 20.7. The van der Waals surface area contributed by atoms with Gasteiger partial charge in [0, 0.05) is 42.2 Å². The zero-order valence-corrected chi connectivity index (χ0v) is 17.3. The first-order chi connectivity index (χ1) is 13.8. The molecule has 1 amide bonds. The number of pyridine rings is 2. The molecule has 1 aliphatic heterocycles. The molecule has 150 valence electrons. The molecule has 0 radical (unpaired) electrons. The van der Waals surface area contributed by atoms with Crippen LogP contribution in [0.2, 0.25) is 0 Å². The van der Waals surface area contributed by atoms with E-state index in [0.717, 1.165) is 23.4 Å². The predicted molar refractivity (Wildman–Crippen MR) is 112 cm³/mol. The molecule has 0 spiro atoms. The van der Waals surface area contributed by atoms with Crippen molar-refractivity contribution in [3.8, 4) is 0 Å². The maximum Gasteiger partial charge on any atom is 0.231 e. The van der Waals surface area contributed by atoms with Crippen LogP contribution in [0.3, 0.4) is 0 Å². The summed E-state index contributed by atoms with van der Waals surface area (Å²) in [5, 5.41) is 3.45. The van der Waals surface area contributed by atoms with Crippen molar-refractivity contribution in [3.05, 3.63) is 59.7 Å². The van der Waals surface area contributed by atoms with E-state index in [9.17, 15) is 9.59 Å². The molecular formula is C23H26N4O2. The van der Waals surface area contributed by atoms with Gasteiger partial charge in [0.05, 0.1) is 11.7 Å². The van der Waals surface area contributed by atoms with Crippen LogP contribution in [0.15, 0.2) is 54.1 Å². The van der Waals surface area contributed by atoms with Crippen LogP contribution in [-0.4, -0.2) is 21.7 Å². The number of hydrogen-bond acceptors (Lipinski definition) is 5. The fourth-order valence-electron chi connectivity index (χ4n) is 4.23. The lowest BCUT2D eigenvalue weighted by molar-refractivity contribution is -0.122. The van der Waals surface area contributed by atoms with Crippen molar-refractivity contribution >= 4 is 23.2 Å². The van der Waals surface area contributed by atoms with Crippen molar-refractivity contribution in [2.24, 2.45) is 11.3 Å². The zero-order valence-electron chi connectivity index (χ0n) is 17.3. The Morgan fingerprint density at radius 2 is 1.97 bits per heavy atom. The molecule has 1 aliphatic carbocycles. The summed E-state index contributed by atoms with van der Waals surface area (Å²) in [6, 6.07) is 6.95. The summed E-state index contributed by atoms with van der Waals surface area (Å²) in [6.45, 7) is 7.93. The Hall–Kier alpha value is -3.02. The summed E-state index contributed by atoms with van der Waals surface area (Å²) in [6.07, 6.45) is 6.27. The number of allylic oxidation sites excluding steroid dienone is 1. The molecular weight excluding hydrogens is 364 g/mol. The maximum absolute atomic E-state index is 13.4. The maximum atomic E-state index is 13.4. The van der Waals surface area contributed by atoms with Gasteiger partial charge in [-0.3, -0.25) is 19.5 Å². The van der Waals surface area contributed by atoms with E-state index in [0.29, 0.717) is 17.8 Å². The van der Waals surface area contributed by atoms with Gasteiger partial charge in [-0.2, -0.15) is 0 Å². The van der Waals surface area contributed by atoms with E-state index in [-0.39, 0.29) is 23.0 Å². The first-order valence-corrected chi connectivity index (χ1v) is 10.00. The Morgan fingerprint density at radius 1 is 1.21 bits per heavy atom. The molecule has 1 N–H and O–H groups in total. The topological polar surface area (TPSA) is 75.2 Å². The first-order valence-electron chi connectivity index (χ1n) is 10.00. The van der Waals surface area contributed by atoms with E-state index in [2.05, 4.69) is 29.1 Å². The molecule has 3 heterocycles. The Balaban J connectivity index is 2.02. The van der Waals surface area contributed by atoms with Crippen LogP contribution in [-0.2, 0) is 9.59 Å². The number of hydrogen-bond donors (Lipinski definition) is 1. The summed E-state index contributed by atoms with van der Waals surface area (Å²) in [7, 11) is 0. The summed E-state index contributed by atoms with van der Waals surface area (Å²) in [5.74, 6) is 0.278. The highest BCUT2D eigenvalue weighted by molar-refractivity contribution is 6.06. The van der Waals surface area contributed by atoms with Crippen LogP contribution in [0.5, 0.6) is 0 Å². The summed E-state index contributed by atoms with van der Waals surface area (Å²) in [5.41, 5.74) is 2.91. The lowest BCUT2D eigenvalue weighted by Crippen LogP contribution is -2.41. The number of ketones is 1. The monoisotopic (exact) mass is 390 g/mol. The number of anilines is 2. The number of aromatic nitrogens is 2. The second-order valence-corrected chi connectivity index (χ2v) is 8.88. The van der Waals surface area contributed by atoms with Gasteiger partial charge in [0.25, 0.3) is 0 Å². The Morgan fingerprint density at radius 3 is 2.66 bits per heavy atom. The number of fused-ring (bicyclic) bond motifs is 1. The van der Waals surface area contributed by atoms with E-state index >= 15 is 0 Å². The number of carbonyl (C=O) groups excluding carboxylic acids is 2. The first kappa shape index (κ1) is 19.3. The number of nitrogens with one attached hydrogen (secondary N) is 1. The molecule has 0 unspecified atom stereocenters. The number of rotatable bonds is 2. The highest BCUT2D eigenvalue weighted by Gasteiger charge is 2.44. The van der Waals surface area contributed by atoms with Crippen molar-refractivity contribution in [3.63, 3.8) is 0 Å². The van der Waals surface area contributed by atoms with Gasteiger partial charge in [-0.25, -0.2) is 4.98 Å². The number of nitrogens with zero attached hydrogens (tertiary/aromatic N) is 3. The molecule has 6 nitrogen and oxygen atoms in total. The van der Waals surface area contributed by atoms with Crippen LogP contribution in [0.4, 0.5) is 11.5 Å². The summed E-state index contributed by atoms with van der Waals surface area (Å²) in [4.78, 5) is 37.3. The van der Waals surface area contributed by atoms with Gasteiger partial charge in [-0.1, -0.05) is 33.8 Å². The van der Waals surface area contributed by atoms with E-state index in [1.54, 1.807) is 23.5 Å². The summed E-state index contributed by atoms with van der Waals surface area (Å²) < 4.78 is 0. The van der Waals surface area contributed by atoms with E-state index < -0.39 is 6.04 Å². The van der Waals surface area contributed by atoms with E-state index in [1.165, 1.54) is 0 Å². The number of amides is 1. The third-order valence-corrected chi connectivity index (χ3v) is 5.48. The Kier molecular flexibility index (Phi) is 4.73. The largest absolute Gasteiger partial charge is 0.355 e. The lowest BCUT2D eigenvalue weighted by Gasteiger charge is -2.37. The number of Topliss-reactive ketones (excluding diaryl/α,β-unsaturated/α-hetero) is 1. The summed E-state index contributed by atoms with van der Waals surface area (Å²) >= 11 is 0. The fourth-order valence-corrected chi connectivity index (χ4v) is 4.23. The van der Waals surface area contributed by atoms with Gasteiger partial charge >= 0.3 is 0 Å². The van der Waals surface area contributed by atoms with Crippen molar-refractivity contribution in [1.29, 1.82) is 0 Å². The molecule has 1 atom stereocenters. The molecule has 2 aromatic heterocycles. The molecule has 2 aliphatic rings. The van der Waals surface area contributed by atoms with Crippen LogP contribution in [0.25, 0.3) is 0 Å². The van der Waals surface area contributed by atoms with Crippen molar-refractivity contribution in [1.82, 2.24) is 9.97 Å². The minimum absolute atomic E-state index is 0.0620. The lowest BCUT2D eigenvalue weighted by atomic mass is 9.73. The average Bonchev–Trinajstić information content (AvgIpc) is 2.81. The third-order valence-electron chi connectivity index (χ3n) is 5.48. The van der Waals surface area contributed by atoms with E-state index in [1.807, 2.05) is 38.1 Å². The highest BCUT2D eigenvalue weighted by atomic mass is 16.2. The molecule has 4 rings (SSSR count). The van der Waals surface area contributed by atoms with Crippen molar-refractivity contribution < 1.29 is 9.59 Å². The smallest absolute Gasteiger partial charge is 0.231 e. The van der Waals surface area contributed by atoms with Crippen LogP contribution < -0.4 is 10.2 Å². The molecule has 6 heteroatoms. The molecule has 0 fully saturated rings. The molecule has 29 heavy (non-hydrogen) atoms. The van der Waals surface area contributed by atoms with Gasteiger partial charge in [0.2, 0.25) is 5.91 Å². The van der Waals surface area contributed by atoms with Gasteiger partial charge < -0.3 is 5.32 Å². The SMILES string of the molecule is CC(C)C(=O)N1c2ncccc2NC2=C(C(=O)CC(C)(C)C2)[C@@H]1c1cccnc1. The zero-order chi connectivity index (χ0) is 20.8. The minimum atomic E-state index is -0.555. The van der Waals surface area contributed by atoms with Gasteiger partial charge in [0.1, 0.15) is 0 Å². The predicted octanol–water partition coefficient (Wildman–Crippen LogP) is 4.28. The Labute approximate surface area is 171 Å². The van der Waals surface area contributed by atoms with E-state index in [4.69, 9.17) is 0 Å². The van der Waals surface area contributed by atoms with Crippen molar-refractivity contribution in [2.75, 3.05) is 10.2 Å². The molecule has 0 saturated heterocycles. The van der Waals surface area contributed by atoms with Crippen molar-refractivity contribution in [2.45, 2.75) is 46.6 Å². The quantitative estimate of drug-likeness (QED) is 0.829. The average molecular weight is 390 g/mol. The van der Waals surface area contributed by atoms with Gasteiger partial charge in [0.15, 0.2) is 11.6 Å².